The molecular weight excluding hydrogens is 296 g/mol. The van der Waals surface area contributed by atoms with Crippen LogP contribution in [0.25, 0.3) is 0 Å². The van der Waals surface area contributed by atoms with E-state index in [1.54, 1.807) is 21.9 Å². The van der Waals surface area contributed by atoms with E-state index < -0.39 is 11.9 Å². The van der Waals surface area contributed by atoms with Crippen molar-refractivity contribution in [2.24, 2.45) is 11.8 Å². The van der Waals surface area contributed by atoms with Crippen LogP contribution in [0, 0.1) is 11.8 Å². The number of hydrogen-bond donors (Lipinski definition) is 1. The average Bonchev–Trinajstić information content (AvgIpc) is 2.53. The second kappa shape index (κ2) is 6.40. The number of benzene rings is 1. The van der Waals surface area contributed by atoms with Gasteiger partial charge in [-0.05, 0) is 25.0 Å². The third kappa shape index (κ3) is 3.06. The Morgan fingerprint density at radius 1 is 0.870 bits per heavy atom. The van der Waals surface area contributed by atoms with Gasteiger partial charge in [0.25, 0.3) is 5.91 Å². The third-order valence-electron chi connectivity index (χ3n) is 4.81. The molecule has 2 aliphatic rings. The smallest absolute Gasteiger partial charge is 0.307 e. The van der Waals surface area contributed by atoms with Crippen LogP contribution in [0.15, 0.2) is 30.3 Å². The largest absolute Gasteiger partial charge is 0.481 e. The lowest BCUT2D eigenvalue weighted by molar-refractivity contribution is -0.157. The van der Waals surface area contributed by atoms with E-state index in [1.165, 1.54) is 0 Å². The topological polar surface area (TPSA) is 77.9 Å². The number of piperazine rings is 1. The quantitative estimate of drug-likeness (QED) is 0.905. The van der Waals surface area contributed by atoms with Crippen LogP contribution in [0.2, 0.25) is 0 Å². The van der Waals surface area contributed by atoms with Gasteiger partial charge in [-0.1, -0.05) is 18.2 Å². The fourth-order valence-electron chi connectivity index (χ4n) is 3.22. The van der Waals surface area contributed by atoms with Crippen molar-refractivity contribution < 1.29 is 19.5 Å². The molecule has 2 atom stereocenters. The number of carbonyl (C=O) groups excluding carboxylic acids is 2. The Hall–Kier alpha value is -2.37. The lowest BCUT2D eigenvalue weighted by Gasteiger charge is -2.40. The summed E-state index contributed by atoms with van der Waals surface area (Å²) in [7, 11) is 0. The molecule has 0 aromatic heterocycles. The van der Waals surface area contributed by atoms with Gasteiger partial charge in [0, 0.05) is 31.7 Å². The van der Waals surface area contributed by atoms with Crippen molar-refractivity contribution in [3.05, 3.63) is 35.9 Å². The Kier molecular flexibility index (Phi) is 4.32. The minimum atomic E-state index is -0.882. The van der Waals surface area contributed by atoms with Crippen molar-refractivity contribution in [1.29, 1.82) is 0 Å². The normalized spacial score (nSPS) is 24.0. The molecule has 0 spiro atoms. The molecule has 1 saturated heterocycles. The lowest BCUT2D eigenvalue weighted by atomic mass is 9.73. The minimum absolute atomic E-state index is 0.0234. The number of hydrogen-bond acceptors (Lipinski definition) is 3. The van der Waals surface area contributed by atoms with E-state index >= 15 is 0 Å². The van der Waals surface area contributed by atoms with Crippen molar-refractivity contribution in [1.82, 2.24) is 9.80 Å². The van der Waals surface area contributed by atoms with Gasteiger partial charge in [-0.25, -0.2) is 0 Å². The fourth-order valence-corrected chi connectivity index (χ4v) is 3.22. The van der Waals surface area contributed by atoms with E-state index in [-0.39, 0.29) is 17.7 Å². The maximum Gasteiger partial charge on any atom is 0.307 e. The van der Waals surface area contributed by atoms with Crippen LogP contribution in [0.5, 0.6) is 0 Å². The summed E-state index contributed by atoms with van der Waals surface area (Å²) in [5.41, 5.74) is 0.650. The summed E-state index contributed by atoms with van der Waals surface area (Å²) >= 11 is 0. The second-order valence-corrected chi connectivity index (χ2v) is 6.11. The molecule has 1 aliphatic carbocycles. The highest BCUT2D eigenvalue weighted by Gasteiger charge is 2.43. The highest BCUT2D eigenvalue weighted by atomic mass is 16.4. The van der Waals surface area contributed by atoms with Crippen LogP contribution in [-0.4, -0.2) is 58.9 Å². The molecule has 1 heterocycles. The lowest BCUT2D eigenvalue weighted by Crippen LogP contribution is -2.54. The monoisotopic (exact) mass is 316 g/mol. The van der Waals surface area contributed by atoms with Crippen LogP contribution in [0.4, 0.5) is 0 Å². The molecule has 23 heavy (non-hydrogen) atoms. The molecule has 6 heteroatoms. The first-order valence-electron chi connectivity index (χ1n) is 7.94. The van der Waals surface area contributed by atoms with Gasteiger partial charge in [0.2, 0.25) is 5.91 Å². The first-order chi connectivity index (χ1) is 11.1. The fraction of sp³-hybridized carbons (Fsp3) is 0.471. The average molecular weight is 316 g/mol. The number of carbonyl (C=O) groups is 3. The molecular formula is C17H20N2O4. The minimum Gasteiger partial charge on any atom is -0.481 e. The highest BCUT2D eigenvalue weighted by Crippen LogP contribution is 2.36. The first kappa shape index (κ1) is 15.5. The summed E-state index contributed by atoms with van der Waals surface area (Å²) in [6.45, 7) is 1.92. The molecule has 122 valence electrons. The Bertz CT molecular complexity index is 608. The van der Waals surface area contributed by atoms with Crippen molar-refractivity contribution >= 4 is 17.8 Å². The first-order valence-corrected chi connectivity index (χ1v) is 7.94. The summed E-state index contributed by atoms with van der Waals surface area (Å²) in [5, 5.41) is 9.07. The summed E-state index contributed by atoms with van der Waals surface area (Å²) in [6, 6.07) is 9.09. The van der Waals surface area contributed by atoms with Gasteiger partial charge in [-0.2, -0.15) is 0 Å². The van der Waals surface area contributed by atoms with E-state index in [4.69, 9.17) is 5.11 Å². The summed E-state index contributed by atoms with van der Waals surface area (Å²) in [5.74, 6) is -1.90. The van der Waals surface area contributed by atoms with E-state index in [0.29, 0.717) is 44.6 Å². The van der Waals surface area contributed by atoms with Gasteiger partial charge in [-0.3, -0.25) is 14.4 Å². The van der Waals surface area contributed by atoms with Crippen LogP contribution in [0.3, 0.4) is 0 Å². The summed E-state index contributed by atoms with van der Waals surface area (Å²) < 4.78 is 0. The second-order valence-electron chi connectivity index (χ2n) is 6.11. The van der Waals surface area contributed by atoms with Gasteiger partial charge in [0.05, 0.1) is 11.8 Å². The van der Waals surface area contributed by atoms with E-state index in [9.17, 15) is 14.4 Å². The molecule has 0 radical (unpaired) electrons. The molecule has 6 nitrogen and oxygen atoms in total. The molecule has 1 N–H and O–H groups in total. The van der Waals surface area contributed by atoms with Gasteiger partial charge in [0.1, 0.15) is 0 Å². The number of nitrogens with zero attached hydrogens (tertiary/aromatic N) is 2. The van der Waals surface area contributed by atoms with Crippen molar-refractivity contribution in [3.8, 4) is 0 Å². The predicted octanol–water partition coefficient (Wildman–Crippen LogP) is 1.08. The Morgan fingerprint density at radius 2 is 1.43 bits per heavy atom. The Morgan fingerprint density at radius 3 is 1.96 bits per heavy atom. The van der Waals surface area contributed by atoms with Crippen LogP contribution in [0.1, 0.15) is 23.2 Å². The van der Waals surface area contributed by atoms with E-state index in [0.717, 1.165) is 0 Å². The van der Waals surface area contributed by atoms with Crippen LogP contribution < -0.4 is 0 Å². The van der Waals surface area contributed by atoms with E-state index in [2.05, 4.69) is 0 Å². The van der Waals surface area contributed by atoms with Gasteiger partial charge in [0.15, 0.2) is 0 Å². The molecule has 1 saturated carbocycles. The molecule has 2 unspecified atom stereocenters. The third-order valence-corrected chi connectivity index (χ3v) is 4.81. The number of amides is 2. The molecule has 1 aliphatic heterocycles. The maximum absolute atomic E-state index is 12.4. The predicted molar refractivity (Wildman–Crippen MR) is 82.8 cm³/mol. The zero-order chi connectivity index (χ0) is 16.4. The van der Waals surface area contributed by atoms with Gasteiger partial charge in [-0.15, -0.1) is 0 Å². The van der Waals surface area contributed by atoms with Gasteiger partial charge < -0.3 is 14.9 Å². The van der Waals surface area contributed by atoms with Crippen LogP contribution >= 0.6 is 0 Å². The highest BCUT2D eigenvalue weighted by molar-refractivity contribution is 5.94. The van der Waals surface area contributed by atoms with Crippen LogP contribution in [-0.2, 0) is 9.59 Å². The molecule has 3 rings (SSSR count). The van der Waals surface area contributed by atoms with Crippen molar-refractivity contribution in [3.63, 3.8) is 0 Å². The molecule has 1 aromatic rings. The number of aliphatic carboxylic acids is 1. The Labute approximate surface area is 134 Å². The number of carboxylic acids is 1. The number of rotatable bonds is 3. The maximum atomic E-state index is 12.4. The van der Waals surface area contributed by atoms with Crippen molar-refractivity contribution in [2.45, 2.75) is 12.8 Å². The SMILES string of the molecule is O=C(O)C1CCC1C(=O)N1CCN(C(=O)c2ccccc2)CC1. The molecule has 2 amide bonds. The number of carboxylic acid groups (broad SMARTS) is 1. The zero-order valence-corrected chi connectivity index (χ0v) is 12.9. The van der Waals surface area contributed by atoms with E-state index in [1.807, 2.05) is 18.2 Å². The standard InChI is InChI=1S/C17H20N2O4/c20-15(12-4-2-1-3-5-12)18-8-10-19(11-9-18)16(21)13-6-7-14(13)17(22)23/h1-5,13-14H,6-11H2,(H,22,23). The summed E-state index contributed by atoms with van der Waals surface area (Å²) in [6.07, 6.45) is 1.23. The summed E-state index contributed by atoms with van der Waals surface area (Å²) in [4.78, 5) is 39.3. The molecule has 2 fully saturated rings. The molecule has 0 bridgehead atoms. The van der Waals surface area contributed by atoms with Crippen molar-refractivity contribution in [2.75, 3.05) is 26.2 Å². The zero-order valence-electron chi connectivity index (χ0n) is 12.9. The molecule has 1 aromatic carbocycles. The van der Waals surface area contributed by atoms with Gasteiger partial charge >= 0.3 is 5.97 Å². The Balaban J connectivity index is 1.55.